The Balaban J connectivity index is 2.17. The molecule has 1 aliphatic rings. The third-order valence-corrected chi connectivity index (χ3v) is 4.16. The number of nitrogens with one attached hydrogen (secondary N) is 1. The summed E-state index contributed by atoms with van der Waals surface area (Å²) in [5, 5.41) is 12.5. The highest BCUT2D eigenvalue weighted by Crippen LogP contribution is 2.30. The number of benzene rings is 1. The summed E-state index contributed by atoms with van der Waals surface area (Å²) in [7, 11) is 0. The van der Waals surface area contributed by atoms with Crippen molar-refractivity contribution in [3.05, 3.63) is 29.6 Å². The lowest BCUT2D eigenvalue weighted by molar-refractivity contribution is 0.0881. The van der Waals surface area contributed by atoms with Crippen LogP contribution in [0.1, 0.15) is 42.5 Å². The van der Waals surface area contributed by atoms with Crippen molar-refractivity contribution in [3.63, 3.8) is 0 Å². The Hall–Kier alpha value is -1.29. The Bertz CT molecular complexity index is 473. The van der Waals surface area contributed by atoms with Gasteiger partial charge in [0.25, 0.3) is 5.91 Å². The highest BCUT2D eigenvalue weighted by molar-refractivity contribution is 6.19. The molecule has 0 heterocycles. The van der Waals surface area contributed by atoms with Gasteiger partial charge in [-0.2, -0.15) is 0 Å². The number of halogens is 2. The van der Waals surface area contributed by atoms with E-state index >= 15 is 0 Å². The molecule has 0 spiro atoms. The Morgan fingerprint density at radius 3 is 2.68 bits per heavy atom. The van der Waals surface area contributed by atoms with Crippen LogP contribution in [0.25, 0.3) is 0 Å². The maximum Gasteiger partial charge on any atom is 0.255 e. The molecule has 5 heteroatoms. The number of alkyl halides is 1. The molecule has 0 radical (unpaired) electrons. The minimum absolute atomic E-state index is 0.0462. The normalized spacial score (nSPS) is 18.0. The molecule has 1 saturated carbocycles. The zero-order valence-electron chi connectivity index (χ0n) is 10.6. The molecule has 0 unspecified atom stereocenters. The van der Waals surface area contributed by atoms with E-state index in [1.807, 2.05) is 0 Å². The molecule has 0 saturated heterocycles. The van der Waals surface area contributed by atoms with Crippen molar-refractivity contribution in [3.8, 4) is 5.75 Å². The van der Waals surface area contributed by atoms with Gasteiger partial charge in [0.05, 0.1) is 11.1 Å². The molecule has 104 valence electrons. The Kier molecular flexibility index (Phi) is 4.30. The maximum atomic E-state index is 13.1. The van der Waals surface area contributed by atoms with E-state index in [4.69, 9.17) is 11.6 Å². The smallest absolute Gasteiger partial charge is 0.255 e. The minimum Gasteiger partial charge on any atom is -0.507 e. The van der Waals surface area contributed by atoms with Gasteiger partial charge in [-0.1, -0.05) is 19.3 Å². The molecule has 1 aromatic rings. The van der Waals surface area contributed by atoms with E-state index in [0.29, 0.717) is 5.88 Å². The molecule has 19 heavy (non-hydrogen) atoms. The summed E-state index contributed by atoms with van der Waals surface area (Å²) in [4.78, 5) is 12.2. The van der Waals surface area contributed by atoms with Crippen LogP contribution in [0.3, 0.4) is 0 Å². The summed E-state index contributed by atoms with van der Waals surface area (Å²) in [6, 6.07) is 3.33. The molecular formula is C14H17ClFNO2. The van der Waals surface area contributed by atoms with Gasteiger partial charge in [-0.3, -0.25) is 4.79 Å². The number of phenols is 1. The van der Waals surface area contributed by atoms with Crippen LogP contribution in [0, 0.1) is 5.82 Å². The Morgan fingerprint density at radius 1 is 1.37 bits per heavy atom. The van der Waals surface area contributed by atoms with Gasteiger partial charge in [0.2, 0.25) is 0 Å². The van der Waals surface area contributed by atoms with Crippen LogP contribution in [0.5, 0.6) is 5.75 Å². The number of carbonyl (C=O) groups is 1. The molecule has 2 rings (SSSR count). The lowest BCUT2D eigenvalue weighted by atomic mass is 9.83. The molecular weight excluding hydrogens is 269 g/mol. The molecule has 0 bridgehead atoms. The van der Waals surface area contributed by atoms with Crippen molar-refractivity contribution in [2.24, 2.45) is 0 Å². The molecule has 0 aromatic heterocycles. The summed E-state index contributed by atoms with van der Waals surface area (Å²) in [6.45, 7) is 0. The van der Waals surface area contributed by atoms with Crippen molar-refractivity contribution < 1.29 is 14.3 Å². The third kappa shape index (κ3) is 3.18. The average molecular weight is 286 g/mol. The molecule has 0 aliphatic heterocycles. The van der Waals surface area contributed by atoms with Crippen LogP contribution in [-0.4, -0.2) is 22.4 Å². The highest BCUT2D eigenvalue weighted by atomic mass is 35.5. The second-order valence-electron chi connectivity index (χ2n) is 5.09. The number of hydrogen-bond donors (Lipinski definition) is 2. The third-order valence-electron chi connectivity index (χ3n) is 3.65. The molecule has 1 aromatic carbocycles. The summed E-state index contributed by atoms with van der Waals surface area (Å²) in [5.41, 5.74) is -0.481. The van der Waals surface area contributed by atoms with Gasteiger partial charge in [0.15, 0.2) is 0 Å². The van der Waals surface area contributed by atoms with Gasteiger partial charge in [-0.15, -0.1) is 11.6 Å². The van der Waals surface area contributed by atoms with E-state index in [2.05, 4.69) is 5.32 Å². The fourth-order valence-corrected chi connectivity index (χ4v) is 2.85. The van der Waals surface area contributed by atoms with E-state index in [9.17, 15) is 14.3 Å². The second-order valence-corrected chi connectivity index (χ2v) is 5.36. The monoisotopic (exact) mass is 285 g/mol. The molecule has 0 atom stereocenters. The Labute approximate surface area is 116 Å². The number of phenolic OH excluding ortho intramolecular Hbond substituents is 1. The van der Waals surface area contributed by atoms with E-state index in [1.54, 1.807) is 0 Å². The van der Waals surface area contributed by atoms with Gasteiger partial charge in [0, 0.05) is 5.88 Å². The summed E-state index contributed by atoms with van der Waals surface area (Å²) in [5.74, 6) is -0.917. The summed E-state index contributed by atoms with van der Waals surface area (Å²) < 4.78 is 13.1. The van der Waals surface area contributed by atoms with E-state index in [1.165, 1.54) is 6.07 Å². The van der Waals surface area contributed by atoms with Gasteiger partial charge in [0.1, 0.15) is 11.6 Å². The number of hydrogen-bond acceptors (Lipinski definition) is 2. The lowest BCUT2D eigenvalue weighted by Crippen LogP contribution is -2.51. The first-order chi connectivity index (χ1) is 9.06. The molecule has 3 nitrogen and oxygen atoms in total. The fourth-order valence-electron chi connectivity index (χ4n) is 2.52. The fraction of sp³-hybridized carbons (Fsp3) is 0.500. The minimum atomic E-state index is -0.550. The SMILES string of the molecule is O=C(NC1(CCl)CCCCC1)c1cc(F)ccc1O. The number of amides is 1. The van der Waals surface area contributed by atoms with E-state index < -0.39 is 17.3 Å². The highest BCUT2D eigenvalue weighted by Gasteiger charge is 2.33. The zero-order chi connectivity index (χ0) is 13.9. The first kappa shape index (κ1) is 14.1. The first-order valence-corrected chi connectivity index (χ1v) is 6.97. The van der Waals surface area contributed by atoms with Crippen molar-refractivity contribution >= 4 is 17.5 Å². The predicted octanol–water partition coefficient (Wildman–Crippen LogP) is 3.20. The lowest BCUT2D eigenvalue weighted by Gasteiger charge is -2.36. The second kappa shape index (κ2) is 5.78. The number of carbonyl (C=O) groups excluding carboxylic acids is 1. The van der Waals surface area contributed by atoms with E-state index in [-0.39, 0.29) is 11.3 Å². The van der Waals surface area contributed by atoms with Crippen LogP contribution in [0.15, 0.2) is 18.2 Å². The predicted molar refractivity (Wildman–Crippen MR) is 72.1 cm³/mol. The molecule has 2 N–H and O–H groups in total. The van der Waals surface area contributed by atoms with Crippen LogP contribution in [0.2, 0.25) is 0 Å². The molecule has 1 fully saturated rings. The van der Waals surface area contributed by atoms with Gasteiger partial charge >= 0.3 is 0 Å². The molecule has 1 amide bonds. The van der Waals surface area contributed by atoms with Gasteiger partial charge in [-0.25, -0.2) is 4.39 Å². The van der Waals surface area contributed by atoms with Crippen LogP contribution >= 0.6 is 11.6 Å². The van der Waals surface area contributed by atoms with E-state index in [0.717, 1.165) is 44.2 Å². The Morgan fingerprint density at radius 2 is 2.05 bits per heavy atom. The van der Waals surface area contributed by atoms with Crippen LogP contribution in [0.4, 0.5) is 4.39 Å². The van der Waals surface area contributed by atoms with Crippen molar-refractivity contribution in [1.82, 2.24) is 5.32 Å². The quantitative estimate of drug-likeness (QED) is 0.838. The van der Waals surface area contributed by atoms with Crippen molar-refractivity contribution in [2.75, 3.05) is 5.88 Å². The average Bonchev–Trinajstić information content (AvgIpc) is 2.42. The van der Waals surface area contributed by atoms with Gasteiger partial charge in [-0.05, 0) is 31.0 Å². The van der Waals surface area contributed by atoms with Crippen LogP contribution < -0.4 is 5.32 Å². The standard InChI is InChI=1S/C14H17ClFNO2/c15-9-14(6-2-1-3-7-14)17-13(19)11-8-10(16)4-5-12(11)18/h4-5,8,18H,1-3,6-7,9H2,(H,17,19). The van der Waals surface area contributed by atoms with Crippen molar-refractivity contribution in [1.29, 1.82) is 0 Å². The maximum absolute atomic E-state index is 13.1. The van der Waals surface area contributed by atoms with Crippen molar-refractivity contribution in [2.45, 2.75) is 37.6 Å². The van der Waals surface area contributed by atoms with Crippen LogP contribution in [-0.2, 0) is 0 Å². The topological polar surface area (TPSA) is 49.3 Å². The van der Waals surface area contributed by atoms with Gasteiger partial charge < -0.3 is 10.4 Å². The summed E-state index contributed by atoms with van der Waals surface area (Å²) >= 11 is 5.99. The number of aromatic hydroxyl groups is 1. The zero-order valence-corrected chi connectivity index (χ0v) is 11.3. The summed E-state index contributed by atoms with van der Waals surface area (Å²) in [6.07, 6.45) is 4.81. The molecule has 1 aliphatic carbocycles. The first-order valence-electron chi connectivity index (χ1n) is 6.43. The largest absolute Gasteiger partial charge is 0.507 e. The number of rotatable bonds is 3.